The highest BCUT2D eigenvalue weighted by Gasteiger charge is 2.39. The molecule has 12 nitrogen and oxygen atoms in total. The fourth-order valence-corrected chi connectivity index (χ4v) is 6.17. The molecule has 1 amide bonds. The number of rotatable bonds is 11. The first kappa shape index (κ1) is 35.3. The minimum atomic E-state index is -5.08. The van der Waals surface area contributed by atoms with E-state index in [0.717, 1.165) is 17.8 Å². The van der Waals surface area contributed by atoms with Crippen LogP contribution in [-0.4, -0.2) is 61.8 Å². The van der Waals surface area contributed by atoms with Crippen LogP contribution in [-0.2, 0) is 24.6 Å². The molecule has 2 aromatic carbocycles. The summed E-state index contributed by atoms with van der Waals surface area (Å²) in [4.78, 5) is 37.3. The fourth-order valence-electron chi connectivity index (χ4n) is 4.64. The Balaban J connectivity index is 0.000000707. The monoisotopic (exact) mass is 668 g/mol. The van der Waals surface area contributed by atoms with Crippen LogP contribution in [0.15, 0.2) is 72.8 Å². The van der Waals surface area contributed by atoms with E-state index in [9.17, 15) is 31.2 Å². The van der Waals surface area contributed by atoms with Crippen LogP contribution in [0.4, 0.5) is 13.2 Å². The topological polar surface area (TPSA) is 218 Å². The van der Waals surface area contributed by atoms with E-state index in [0.29, 0.717) is 33.8 Å². The van der Waals surface area contributed by atoms with Gasteiger partial charge in [-0.3, -0.25) is 15.0 Å². The lowest BCUT2D eigenvalue weighted by Crippen LogP contribution is -2.54. The first-order valence-electron chi connectivity index (χ1n) is 13.3. The van der Waals surface area contributed by atoms with Crippen molar-refractivity contribution in [1.29, 1.82) is 5.41 Å². The summed E-state index contributed by atoms with van der Waals surface area (Å²) in [6, 6.07) is 18.4. The molecule has 1 fully saturated rings. The Bertz CT molecular complexity index is 1560. The molecule has 3 aromatic rings. The van der Waals surface area contributed by atoms with E-state index in [4.69, 9.17) is 26.2 Å². The molecule has 1 unspecified atom stereocenters. The molecular formula is C28H31F3N6O6S2. The van der Waals surface area contributed by atoms with Gasteiger partial charge in [-0.05, 0) is 42.6 Å². The quantitative estimate of drug-likeness (QED) is 0.118. The highest BCUT2D eigenvalue weighted by atomic mass is 32.2. The van der Waals surface area contributed by atoms with Crippen molar-refractivity contribution in [3.8, 4) is 0 Å². The number of carbonyl (C=O) groups is 3. The van der Waals surface area contributed by atoms with E-state index in [2.05, 4.69) is 15.4 Å². The van der Waals surface area contributed by atoms with Gasteiger partial charge in [0.25, 0.3) is 10.2 Å². The number of ketones is 1. The fraction of sp³-hybridized carbons (Fsp3) is 0.286. The molecule has 0 bridgehead atoms. The van der Waals surface area contributed by atoms with Crippen LogP contribution in [0, 0.1) is 5.41 Å². The third-order valence-corrected chi connectivity index (χ3v) is 8.38. The molecule has 17 heteroatoms. The lowest BCUT2D eigenvalue weighted by atomic mass is 9.85. The Labute approximate surface area is 260 Å². The summed E-state index contributed by atoms with van der Waals surface area (Å²) in [7, 11) is -4.32. The Morgan fingerprint density at radius 1 is 1.00 bits per heavy atom. The normalized spacial score (nSPS) is 16.2. The van der Waals surface area contributed by atoms with E-state index < -0.39 is 52.3 Å². The molecule has 0 radical (unpaired) electrons. The van der Waals surface area contributed by atoms with Crippen molar-refractivity contribution in [2.75, 3.05) is 6.54 Å². The Morgan fingerprint density at radius 2 is 1.53 bits per heavy atom. The van der Waals surface area contributed by atoms with Crippen molar-refractivity contribution in [3.63, 3.8) is 0 Å². The molecule has 1 aliphatic rings. The molecule has 4 rings (SSSR count). The van der Waals surface area contributed by atoms with Crippen LogP contribution >= 0.6 is 11.3 Å². The molecule has 45 heavy (non-hydrogen) atoms. The number of hydrogen-bond acceptors (Lipinski definition) is 8. The standard InChI is InChI=1S/C26H30N6O4S2.C2HF3O2/c27-25(28)20-14-13-19(37-20)22(24(33)18-12-7-15-30-18)31-26(34)23(32-38(29,35)36)21(16-8-3-1-4-9-16)17-10-5-2-6-11-17;3-2(4,5)1(6)7/h1-6,8-11,13-14,18,21-23,30,32H,7,12,15H2,(H3,27,28)(H,31,34)(H2,29,35,36);(H,6,7)/t18-,22?,23+;/m0./s1. The largest absolute Gasteiger partial charge is 0.490 e. The molecule has 9 N–H and O–H groups in total. The maximum absolute atomic E-state index is 13.9. The summed E-state index contributed by atoms with van der Waals surface area (Å²) in [5.74, 6) is -4.62. The van der Waals surface area contributed by atoms with Crippen molar-refractivity contribution in [1.82, 2.24) is 15.4 Å². The highest BCUT2D eigenvalue weighted by Crippen LogP contribution is 2.31. The third kappa shape index (κ3) is 10.2. The molecule has 1 aromatic heterocycles. The van der Waals surface area contributed by atoms with Crippen molar-refractivity contribution in [3.05, 3.63) is 93.7 Å². The molecule has 3 atom stereocenters. The van der Waals surface area contributed by atoms with Crippen LogP contribution in [0.1, 0.15) is 45.7 Å². The van der Waals surface area contributed by atoms with Crippen LogP contribution in [0.5, 0.6) is 0 Å². The number of amidine groups is 1. The number of alkyl halides is 3. The number of nitrogens with two attached hydrogens (primary N) is 2. The predicted octanol–water partition coefficient (Wildman–Crippen LogP) is 2.14. The van der Waals surface area contributed by atoms with Gasteiger partial charge in [0, 0.05) is 10.8 Å². The lowest BCUT2D eigenvalue weighted by Gasteiger charge is -2.29. The molecule has 2 heterocycles. The Hall–Kier alpha value is -4.16. The van der Waals surface area contributed by atoms with Gasteiger partial charge in [0.2, 0.25) is 5.91 Å². The maximum Gasteiger partial charge on any atom is 0.490 e. The average molecular weight is 669 g/mol. The van der Waals surface area contributed by atoms with Crippen LogP contribution in [0.3, 0.4) is 0 Å². The smallest absolute Gasteiger partial charge is 0.475 e. The maximum atomic E-state index is 13.9. The number of aliphatic carboxylic acids is 1. The zero-order valence-electron chi connectivity index (χ0n) is 23.5. The van der Waals surface area contributed by atoms with Gasteiger partial charge in [-0.15, -0.1) is 11.3 Å². The molecule has 0 aliphatic carbocycles. The first-order chi connectivity index (χ1) is 21.1. The number of nitrogen functional groups attached to an aromatic ring is 1. The second-order valence-electron chi connectivity index (χ2n) is 9.85. The number of carbonyl (C=O) groups excluding carboxylic acids is 2. The number of nitrogens with one attached hydrogen (secondary N) is 4. The van der Waals surface area contributed by atoms with Crippen molar-refractivity contribution < 1.29 is 41.1 Å². The van der Waals surface area contributed by atoms with Gasteiger partial charge in [0.1, 0.15) is 17.9 Å². The number of Topliss-reactive ketones (excluding diaryl/α,β-unsaturated/α-hetero) is 1. The summed E-state index contributed by atoms with van der Waals surface area (Å²) < 4.78 is 58.6. The molecule has 1 aliphatic heterocycles. The van der Waals surface area contributed by atoms with Gasteiger partial charge in [-0.25, -0.2) is 9.93 Å². The van der Waals surface area contributed by atoms with Crippen LogP contribution in [0.25, 0.3) is 0 Å². The van der Waals surface area contributed by atoms with Gasteiger partial charge < -0.3 is 21.5 Å². The second-order valence-corrected chi connectivity index (χ2v) is 12.3. The van der Waals surface area contributed by atoms with Crippen molar-refractivity contribution in [2.45, 2.75) is 43.1 Å². The third-order valence-electron chi connectivity index (χ3n) is 6.62. The number of benzene rings is 2. The Morgan fingerprint density at radius 3 is 1.93 bits per heavy atom. The zero-order valence-corrected chi connectivity index (χ0v) is 25.1. The van der Waals surface area contributed by atoms with Gasteiger partial charge >= 0.3 is 12.1 Å². The van der Waals surface area contributed by atoms with Crippen LogP contribution < -0.4 is 26.2 Å². The average Bonchev–Trinajstić information content (AvgIpc) is 3.69. The van der Waals surface area contributed by atoms with E-state index >= 15 is 0 Å². The van der Waals surface area contributed by atoms with Crippen molar-refractivity contribution in [2.24, 2.45) is 10.9 Å². The highest BCUT2D eigenvalue weighted by molar-refractivity contribution is 7.87. The number of amides is 1. The van der Waals surface area contributed by atoms with E-state index in [1.807, 2.05) is 12.1 Å². The number of carboxylic acids is 1. The van der Waals surface area contributed by atoms with Gasteiger partial charge in [0.15, 0.2) is 5.78 Å². The Kier molecular flexibility index (Phi) is 11.9. The van der Waals surface area contributed by atoms with E-state index in [1.165, 1.54) is 0 Å². The van der Waals surface area contributed by atoms with Crippen LogP contribution in [0.2, 0.25) is 0 Å². The number of carboxylic acid groups (broad SMARTS) is 1. The molecular weight excluding hydrogens is 637 g/mol. The molecule has 0 saturated carbocycles. The predicted molar refractivity (Wildman–Crippen MR) is 161 cm³/mol. The summed E-state index contributed by atoms with van der Waals surface area (Å²) in [6.45, 7) is 0.680. The summed E-state index contributed by atoms with van der Waals surface area (Å²) in [5, 5.41) is 26.2. The number of halogens is 3. The minimum absolute atomic E-state index is 0.153. The lowest BCUT2D eigenvalue weighted by molar-refractivity contribution is -0.192. The van der Waals surface area contributed by atoms with Gasteiger partial charge in [-0.2, -0.15) is 26.3 Å². The minimum Gasteiger partial charge on any atom is -0.475 e. The summed E-state index contributed by atoms with van der Waals surface area (Å²) >= 11 is 1.13. The summed E-state index contributed by atoms with van der Waals surface area (Å²) in [5.41, 5.74) is 7.00. The molecule has 1 saturated heterocycles. The van der Waals surface area contributed by atoms with Gasteiger partial charge in [-0.1, -0.05) is 60.7 Å². The zero-order chi connectivity index (χ0) is 33.4. The SMILES string of the molecule is N=C(N)c1ccc(C(NC(=O)[C@H](NS(N)(=O)=O)C(c2ccccc2)c2ccccc2)C(=O)[C@@H]2CCCN2)s1.O=C(O)C(F)(F)F. The second kappa shape index (κ2) is 15.2. The number of thiophene rings is 1. The first-order valence-corrected chi connectivity index (χ1v) is 15.7. The van der Waals surface area contributed by atoms with Crippen molar-refractivity contribution >= 4 is 45.0 Å². The summed E-state index contributed by atoms with van der Waals surface area (Å²) in [6.07, 6.45) is -3.65. The number of hydrogen-bond donors (Lipinski definition) is 7. The molecule has 0 spiro atoms. The van der Waals surface area contributed by atoms with Gasteiger partial charge in [0.05, 0.1) is 10.9 Å². The molecule has 242 valence electrons. The van der Waals surface area contributed by atoms with E-state index in [-0.39, 0.29) is 11.6 Å². The van der Waals surface area contributed by atoms with E-state index in [1.54, 1.807) is 60.7 Å².